The van der Waals surface area contributed by atoms with E-state index in [0.717, 1.165) is 13.0 Å². The number of carbonyl (C=O) groups is 1. The first-order valence-electron chi connectivity index (χ1n) is 5.82. The number of carbonyl (C=O) groups excluding carboxylic acids is 1. The van der Waals surface area contributed by atoms with Gasteiger partial charge in [0.05, 0.1) is 5.51 Å². The van der Waals surface area contributed by atoms with E-state index < -0.39 is 0 Å². The number of nitrogens with one attached hydrogen (secondary N) is 1. The Morgan fingerprint density at radius 1 is 1.53 bits per heavy atom. The van der Waals surface area contributed by atoms with E-state index in [1.807, 2.05) is 14.1 Å². The van der Waals surface area contributed by atoms with Crippen LogP contribution in [0.4, 0.5) is 0 Å². The first kappa shape index (κ1) is 14.1. The molecule has 0 saturated carbocycles. The number of hydrogen-bond acceptors (Lipinski definition) is 4. The lowest BCUT2D eigenvalue weighted by Gasteiger charge is -2.23. The van der Waals surface area contributed by atoms with Crippen molar-refractivity contribution in [2.75, 3.05) is 20.6 Å². The second-order valence-corrected chi connectivity index (χ2v) is 5.65. The highest BCUT2D eigenvalue weighted by molar-refractivity contribution is 7.07. The standard InChI is InChI=1S/C12H21N3OS/c1-9(2)5-10(6-15(3)4)14-12(16)11-7-17-8-13-11/h7-10H,5-6H2,1-4H3,(H,14,16). The van der Waals surface area contributed by atoms with E-state index in [1.54, 1.807) is 10.9 Å². The average Bonchev–Trinajstić information content (AvgIpc) is 2.67. The van der Waals surface area contributed by atoms with Crippen LogP contribution in [-0.2, 0) is 0 Å². The number of aromatic nitrogens is 1. The topological polar surface area (TPSA) is 45.2 Å². The minimum Gasteiger partial charge on any atom is -0.347 e. The zero-order chi connectivity index (χ0) is 12.8. The van der Waals surface area contributed by atoms with Crippen LogP contribution in [0.2, 0.25) is 0 Å². The van der Waals surface area contributed by atoms with Gasteiger partial charge in [-0.1, -0.05) is 13.8 Å². The van der Waals surface area contributed by atoms with E-state index in [0.29, 0.717) is 11.6 Å². The predicted molar refractivity (Wildman–Crippen MR) is 71.4 cm³/mol. The van der Waals surface area contributed by atoms with E-state index in [1.165, 1.54) is 11.3 Å². The maximum absolute atomic E-state index is 11.9. The molecule has 0 aromatic carbocycles. The molecule has 0 aliphatic rings. The molecule has 0 radical (unpaired) electrons. The fourth-order valence-electron chi connectivity index (χ4n) is 1.77. The lowest BCUT2D eigenvalue weighted by molar-refractivity contribution is 0.0920. The Labute approximate surface area is 107 Å². The van der Waals surface area contributed by atoms with Crippen LogP contribution in [0.3, 0.4) is 0 Å². The van der Waals surface area contributed by atoms with Crippen molar-refractivity contribution in [1.82, 2.24) is 15.2 Å². The van der Waals surface area contributed by atoms with Crippen LogP contribution in [0.1, 0.15) is 30.8 Å². The van der Waals surface area contributed by atoms with Gasteiger partial charge in [0, 0.05) is 18.0 Å². The van der Waals surface area contributed by atoms with Crippen molar-refractivity contribution >= 4 is 17.2 Å². The van der Waals surface area contributed by atoms with Crippen LogP contribution in [0.15, 0.2) is 10.9 Å². The van der Waals surface area contributed by atoms with Gasteiger partial charge >= 0.3 is 0 Å². The van der Waals surface area contributed by atoms with Gasteiger partial charge in [-0.2, -0.15) is 0 Å². The molecule has 1 rings (SSSR count). The van der Waals surface area contributed by atoms with E-state index in [4.69, 9.17) is 0 Å². The Bertz CT molecular complexity index is 326. The Hall–Kier alpha value is -0.940. The SMILES string of the molecule is CC(C)CC(CN(C)C)NC(=O)c1cscn1. The smallest absolute Gasteiger partial charge is 0.271 e. The van der Waals surface area contributed by atoms with Gasteiger partial charge in [0.1, 0.15) is 5.69 Å². The highest BCUT2D eigenvalue weighted by atomic mass is 32.1. The number of hydrogen-bond donors (Lipinski definition) is 1. The number of thiazole rings is 1. The molecule has 4 nitrogen and oxygen atoms in total. The van der Waals surface area contributed by atoms with Gasteiger partial charge in [0.25, 0.3) is 5.91 Å². The van der Waals surface area contributed by atoms with Crippen LogP contribution in [0.5, 0.6) is 0 Å². The third kappa shape index (κ3) is 5.28. The zero-order valence-corrected chi connectivity index (χ0v) is 11.8. The molecular weight excluding hydrogens is 234 g/mol. The lowest BCUT2D eigenvalue weighted by atomic mass is 10.0. The number of nitrogens with zero attached hydrogens (tertiary/aromatic N) is 2. The number of amides is 1. The molecule has 0 bridgehead atoms. The summed E-state index contributed by atoms with van der Waals surface area (Å²) in [7, 11) is 4.03. The lowest BCUT2D eigenvalue weighted by Crippen LogP contribution is -2.42. The summed E-state index contributed by atoms with van der Waals surface area (Å²) in [4.78, 5) is 18.0. The van der Waals surface area contributed by atoms with Crippen molar-refractivity contribution in [3.8, 4) is 0 Å². The molecule has 1 heterocycles. The third-order valence-electron chi connectivity index (χ3n) is 2.34. The Morgan fingerprint density at radius 3 is 2.71 bits per heavy atom. The summed E-state index contributed by atoms with van der Waals surface area (Å²) in [6, 6.07) is 0.180. The minimum atomic E-state index is -0.0706. The molecule has 1 unspecified atom stereocenters. The first-order valence-corrected chi connectivity index (χ1v) is 6.77. The summed E-state index contributed by atoms with van der Waals surface area (Å²) in [5, 5.41) is 4.82. The molecule has 0 aliphatic carbocycles. The normalized spacial score (nSPS) is 13.1. The van der Waals surface area contributed by atoms with Crippen LogP contribution < -0.4 is 5.32 Å². The van der Waals surface area contributed by atoms with E-state index in [-0.39, 0.29) is 11.9 Å². The molecule has 1 N–H and O–H groups in total. The van der Waals surface area contributed by atoms with Crippen molar-refractivity contribution in [1.29, 1.82) is 0 Å². The number of likely N-dealkylation sites (N-methyl/N-ethyl adjacent to an activating group) is 1. The van der Waals surface area contributed by atoms with Crippen molar-refractivity contribution in [3.63, 3.8) is 0 Å². The van der Waals surface area contributed by atoms with E-state index in [9.17, 15) is 4.79 Å². The molecule has 0 saturated heterocycles. The van der Waals surface area contributed by atoms with Gasteiger partial charge in [0.15, 0.2) is 0 Å². The first-order chi connectivity index (χ1) is 7.99. The Morgan fingerprint density at radius 2 is 2.24 bits per heavy atom. The molecule has 1 atom stereocenters. The summed E-state index contributed by atoms with van der Waals surface area (Å²) >= 11 is 1.44. The molecule has 0 spiro atoms. The fraction of sp³-hybridized carbons (Fsp3) is 0.667. The van der Waals surface area contributed by atoms with Crippen molar-refractivity contribution < 1.29 is 4.79 Å². The Kier molecular flexibility index (Phi) is 5.58. The molecule has 17 heavy (non-hydrogen) atoms. The highest BCUT2D eigenvalue weighted by Crippen LogP contribution is 2.07. The molecule has 0 aliphatic heterocycles. The fourth-order valence-corrected chi connectivity index (χ4v) is 2.30. The van der Waals surface area contributed by atoms with Gasteiger partial charge in [-0.25, -0.2) is 4.98 Å². The van der Waals surface area contributed by atoms with Gasteiger partial charge in [-0.05, 0) is 26.4 Å². The van der Waals surface area contributed by atoms with Crippen molar-refractivity contribution in [2.24, 2.45) is 5.92 Å². The molecule has 1 aromatic rings. The summed E-state index contributed by atoms with van der Waals surface area (Å²) in [5.74, 6) is 0.495. The summed E-state index contributed by atoms with van der Waals surface area (Å²) < 4.78 is 0. The maximum Gasteiger partial charge on any atom is 0.271 e. The van der Waals surface area contributed by atoms with Crippen LogP contribution >= 0.6 is 11.3 Å². The van der Waals surface area contributed by atoms with Crippen molar-refractivity contribution in [3.05, 3.63) is 16.6 Å². The molecule has 1 amide bonds. The number of rotatable bonds is 6. The molecule has 0 fully saturated rings. The average molecular weight is 255 g/mol. The minimum absolute atomic E-state index is 0.0706. The Balaban J connectivity index is 2.56. The monoisotopic (exact) mass is 255 g/mol. The van der Waals surface area contributed by atoms with Crippen molar-refractivity contribution in [2.45, 2.75) is 26.3 Å². The second kappa shape index (κ2) is 6.71. The maximum atomic E-state index is 11.9. The predicted octanol–water partition coefficient (Wildman–Crippen LogP) is 1.85. The summed E-state index contributed by atoms with van der Waals surface area (Å²) in [6.45, 7) is 5.18. The summed E-state index contributed by atoms with van der Waals surface area (Å²) in [6.07, 6.45) is 0.980. The van der Waals surface area contributed by atoms with Crippen LogP contribution in [0, 0.1) is 5.92 Å². The second-order valence-electron chi connectivity index (χ2n) is 4.94. The molecular formula is C12H21N3OS. The zero-order valence-electron chi connectivity index (χ0n) is 10.9. The third-order valence-corrected chi connectivity index (χ3v) is 2.93. The quantitative estimate of drug-likeness (QED) is 0.844. The van der Waals surface area contributed by atoms with Crippen LogP contribution in [-0.4, -0.2) is 42.5 Å². The van der Waals surface area contributed by atoms with E-state index >= 15 is 0 Å². The summed E-state index contributed by atoms with van der Waals surface area (Å²) in [5.41, 5.74) is 2.20. The van der Waals surface area contributed by atoms with Gasteiger partial charge in [0.2, 0.25) is 0 Å². The van der Waals surface area contributed by atoms with E-state index in [2.05, 4.69) is 29.0 Å². The van der Waals surface area contributed by atoms with Crippen LogP contribution in [0.25, 0.3) is 0 Å². The molecule has 1 aromatic heterocycles. The van der Waals surface area contributed by atoms with Gasteiger partial charge in [-0.3, -0.25) is 4.79 Å². The van der Waals surface area contributed by atoms with Gasteiger partial charge < -0.3 is 10.2 Å². The molecule has 5 heteroatoms. The largest absolute Gasteiger partial charge is 0.347 e. The molecule has 96 valence electrons. The highest BCUT2D eigenvalue weighted by Gasteiger charge is 2.16. The van der Waals surface area contributed by atoms with Gasteiger partial charge in [-0.15, -0.1) is 11.3 Å².